The minimum Gasteiger partial charge on any atom is -0.465 e. The fourth-order valence-electron chi connectivity index (χ4n) is 3.02. The molecule has 3 nitrogen and oxygen atoms in total. The van der Waals surface area contributed by atoms with E-state index in [1.165, 1.54) is 7.11 Å². The highest BCUT2D eigenvalue weighted by Crippen LogP contribution is 2.30. The Hall–Kier alpha value is -3.20. The van der Waals surface area contributed by atoms with Gasteiger partial charge in [-0.05, 0) is 29.3 Å². The Bertz CT molecular complexity index is 1060. The van der Waals surface area contributed by atoms with Crippen LogP contribution in [0.5, 0.6) is 0 Å². The monoisotopic (exact) mass is 313 g/mol. The zero-order valence-corrected chi connectivity index (χ0v) is 13.2. The highest BCUT2D eigenvalue weighted by molar-refractivity contribution is 6.14. The zero-order chi connectivity index (χ0) is 16.5. The number of carbonyl (C=O) groups excluding carboxylic acids is 1. The number of aromatic nitrogens is 1. The third-order valence-corrected chi connectivity index (χ3v) is 4.18. The highest BCUT2D eigenvalue weighted by atomic mass is 16.5. The molecule has 0 bridgehead atoms. The van der Waals surface area contributed by atoms with Crippen molar-refractivity contribution in [1.29, 1.82) is 0 Å². The Labute approximate surface area is 139 Å². The Balaban J connectivity index is 2.08. The molecule has 0 N–H and O–H groups in total. The summed E-state index contributed by atoms with van der Waals surface area (Å²) < 4.78 is 5.03. The maximum Gasteiger partial charge on any atom is 0.339 e. The van der Waals surface area contributed by atoms with Crippen LogP contribution in [0.3, 0.4) is 0 Å². The number of benzene rings is 3. The van der Waals surface area contributed by atoms with Crippen LogP contribution >= 0.6 is 0 Å². The molecule has 4 rings (SSSR count). The number of rotatable bonds is 2. The van der Waals surface area contributed by atoms with Gasteiger partial charge in [-0.1, -0.05) is 54.6 Å². The summed E-state index contributed by atoms with van der Waals surface area (Å²) in [5.74, 6) is -0.344. The van der Waals surface area contributed by atoms with Crippen LogP contribution in [0.15, 0.2) is 72.8 Å². The minimum atomic E-state index is -0.344. The van der Waals surface area contributed by atoms with Crippen molar-refractivity contribution in [3.8, 4) is 11.1 Å². The lowest BCUT2D eigenvalue weighted by molar-refractivity contribution is 0.0605. The average molecular weight is 313 g/mol. The lowest BCUT2D eigenvalue weighted by Crippen LogP contribution is -2.04. The smallest absolute Gasteiger partial charge is 0.339 e. The third kappa shape index (κ3) is 2.31. The van der Waals surface area contributed by atoms with Gasteiger partial charge in [0.2, 0.25) is 0 Å². The lowest BCUT2D eigenvalue weighted by Gasteiger charge is -2.11. The maximum atomic E-state index is 12.4. The zero-order valence-electron chi connectivity index (χ0n) is 13.2. The average Bonchev–Trinajstić information content (AvgIpc) is 2.65. The van der Waals surface area contributed by atoms with E-state index in [4.69, 9.17) is 4.74 Å². The normalized spacial score (nSPS) is 10.9. The molecule has 4 aromatic rings. The molecule has 0 radical (unpaired) electrons. The summed E-state index contributed by atoms with van der Waals surface area (Å²) in [6.07, 6.45) is 0. The fraction of sp³-hybridized carbons (Fsp3) is 0.0476. The van der Waals surface area contributed by atoms with Gasteiger partial charge in [0.15, 0.2) is 0 Å². The van der Waals surface area contributed by atoms with Crippen LogP contribution in [0.4, 0.5) is 0 Å². The molecule has 0 saturated carbocycles. The van der Waals surface area contributed by atoms with Crippen LogP contribution in [0.1, 0.15) is 10.4 Å². The van der Waals surface area contributed by atoms with Gasteiger partial charge in [-0.2, -0.15) is 0 Å². The van der Waals surface area contributed by atoms with E-state index in [1.54, 1.807) is 0 Å². The van der Waals surface area contributed by atoms with Crippen LogP contribution in [0.25, 0.3) is 32.9 Å². The second kappa shape index (κ2) is 5.78. The van der Waals surface area contributed by atoms with Gasteiger partial charge in [0.05, 0.1) is 23.7 Å². The van der Waals surface area contributed by atoms with Crippen LogP contribution in [-0.2, 0) is 4.74 Å². The topological polar surface area (TPSA) is 39.2 Å². The van der Waals surface area contributed by atoms with Gasteiger partial charge in [-0.25, -0.2) is 9.78 Å². The SMILES string of the molecule is COC(=O)c1c2ccccc2nc2ccc(-c3ccccc3)cc12. The van der Waals surface area contributed by atoms with Gasteiger partial charge < -0.3 is 4.74 Å². The van der Waals surface area contributed by atoms with Gasteiger partial charge in [-0.15, -0.1) is 0 Å². The molecule has 0 amide bonds. The Morgan fingerprint density at radius 1 is 0.792 bits per heavy atom. The highest BCUT2D eigenvalue weighted by Gasteiger charge is 2.17. The molecule has 0 aliphatic rings. The Morgan fingerprint density at radius 2 is 1.50 bits per heavy atom. The van der Waals surface area contributed by atoms with Crippen molar-refractivity contribution in [2.45, 2.75) is 0 Å². The molecule has 0 unspecified atom stereocenters. The first kappa shape index (κ1) is 14.4. The number of pyridine rings is 1. The fourth-order valence-corrected chi connectivity index (χ4v) is 3.02. The lowest BCUT2D eigenvalue weighted by atomic mass is 9.98. The van der Waals surface area contributed by atoms with Crippen molar-refractivity contribution in [3.63, 3.8) is 0 Å². The van der Waals surface area contributed by atoms with Crippen molar-refractivity contribution in [3.05, 3.63) is 78.4 Å². The summed E-state index contributed by atoms with van der Waals surface area (Å²) in [4.78, 5) is 17.1. The predicted octanol–water partition coefficient (Wildman–Crippen LogP) is 4.84. The van der Waals surface area contributed by atoms with Gasteiger partial charge >= 0.3 is 5.97 Å². The second-order valence-corrected chi connectivity index (χ2v) is 5.59. The third-order valence-electron chi connectivity index (χ3n) is 4.18. The molecular formula is C21H15NO2. The first-order valence-corrected chi connectivity index (χ1v) is 7.74. The van der Waals surface area contributed by atoms with Gasteiger partial charge in [0.1, 0.15) is 0 Å². The second-order valence-electron chi connectivity index (χ2n) is 5.59. The van der Waals surface area contributed by atoms with Crippen molar-refractivity contribution in [1.82, 2.24) is 4.98 Å². The summed E-state index contributed by atoms with van der Waals surface area (Å²) in [6.45, 7) is 0. The standard InChI is InChI=1S/C21H15NO2/c1-24-21(23)20-16-9-5-6-10-18(16)22-19-12-11-15(13-17(19)20)14-7-3-2-4-8-14/h2-13H,1H3. The van der Waals surface area contributed by atoms with E-state index in [9.17, 15) is 4.79 Å². The number of nitrogens with zero attached hydrogens (tertiary/aromatic N) is 1. The molecule has 1 aromatic heterocycles. The van der Waals surface area contributed by atoms with E-state index in [0.29, 0.717) is 5.56 Å². The Morgan fingerprint density at radius 3 is 2.29 bits per heavy atom. The maximum absolute atomic E-state index is 12.4. The Kier molecular flexibility index (Phi) is 3.47. The number of esters is 1. The quantitative estimate of drug-likeness (QED) is 0.392. The van der Waals surface area contributed by atoms with Crippen LogP contribution in [0.2, 0.25) is 0 Å². The van der Waals surface area contributed by atoms with Crippen LogP contribution in [0, 0.1) is 0 Å². The number of ether oxygens (including phenoxy) is 1. The van der Waals surface area contributed by atoms with E-state index in [1.807, 2.05) is 72.8 Å². The molecule has 0 saturated heterocycles. The summed E-state index contributed by atoms with van der Waals surface area (Å²) >= 11 is 0. The van der Waals surface area contributed by atoms with E-state index in [2.05, 4.69) is 4.98 Å². The molecular weight excluding hydrogens is 298 g/mol. The molecule has 0 spiro atoms. The van der Waals surface area contributed by atoms with E-state index < -0.39 is 0 Å². The van der Waals surface area contributed by atoms with E-state index in [-0.39, 0.29) is 5.97 Å². The summed E-state index contributed by atoms with van der Waals surface area (Å²) in [5, 5.41) is 1.61. The molecule has 3 aromatic carbocycles. The van der Waals surface area contributed by atoms with Crippen molar-refractivity contribution >= 4 is 27.8 Å². The first-order chi connectivity index (χ1) is 11.8. The summed E-state index contributed by atoms with van der Waals surface area (Å²) in [6, 6.07) is 23.7. The van der Waals surface area contributed by atoms with Crippen LogP contribution < -0.4 is 0 Å². The molecule has 1 heterocycles. The largest absolute Gasteiger partial charge is 0.465 e. The molecule has 0 fully saturated rings. The number of carbonyl (C=O) groups is 1. The van der Waals surface area contributed by atoms with Gasteiger partial charge in [-0.3, -0.25) is 0 Å². The molecule has 0 aliphatic heterocycles. The molecule has 3 heteroatoms. The minimum absolute atomic E-state index is 0.344. The first-order valence-electron chi connectivity index (χ1n) is 7.74. The van der Waals surface area contributed by atoms with Gasteiger partial charge in [0, 0.05) is 10.8 Å². The number of fused-ring (bicyclic) bond motifs is 2. The molecule has 116 valence electrons. The van der Waals surface area contributed by atoms with Crippen molar-refractivity contribution in [2.75, 3.05) is 7.11 Å². The molecule has 0 aliphatic carbocycles. The molecule has 0 atom stereocenters. The van der Waals surface area contributed by atoms with Gasteiger partial charge in [0.25, 0.3) is 0 Å². The number of para-hydroxylation sites is 1. The van der Waals surface area contributed by atoms with E-state index in [0.717, 1.165) is 32.9 Å². The van der Waals surface area contributed by atoms with Crippen molar-refractivity contribution in [2.24, 2.45) is 0 Å². The van der Waals surface area contributed by atoms with Crippen LogP contribution in [-0.4, -0.2) is 18.1 Å². The summed E-state index contributed by atoms with van der Waals surface area (Å²) in [5.41, 5.74) is 4.29. The summed E-state index contributed by atoms with van der Waals surface area (Å²) in [7, 11) is 1.41. The number of hydrogen-bond acceptors (Lipinski definition) is 3. The number of hydrogen-bond donors (Lipinski definition) is 0. The predicted molar refractivity (Wildman–Crippen MR) is 96.0 cm³/mol. The van der Waals surface area contributed by atoms with E-state index >= 15 is 0 Å². The molecule has 24 heavy (non-hydrogen) atoms. The van der Waals surface area contributed by atoms with Crippen molar-refractivity contribution < 1.29 is 9.53 Å². The number of methoxy groups -OCH3 is 1.